The molecule has 1 heterocycles. The zero-order valence-corrected chi connectivity index (χ0v) is 13.6. The zero-order chi connectivity index (χ0) is 17.4. The topological polar surface area (TPSA) is 102 Å². The van der Waals surface area contributed by atoms with Gasteiger partial charge in [0.1, 0.15) is 6.61 Å². The van der Waals surface area contributed by atoms with Gasteiger partial charge in [-0.3, -0.25) is 4.79 Å². The predicted molar refractivity (Wildman–Crippen MR) is 86.7 cm³/mol. The van der Waals surface area contributed by atoms with Gasteiger partial charge in [-0.2, -0.15) is 0 Å². The smallest absolute Gasteiger partial charge is 0.329 e. The molecule has 7 nitrogen and oxygen atoms in total. The van der Waals surface area contributed by atoms with Gasteiger partial charge < -0.3 is 19.6 Å². The number of ether oxygens (including phenoxy) is 1. The Morgan fingerprint density at radius 3 is 2.75 bits per heavy atom. The molecule has 0 fully saturated rings. The van der Waals surface area contributed by atoms with E-state index in [1.165, 1.54) is 0 Å². The molecule has 128 valence electrons. The van der Waals surface area contributed by atoms with Crippen molar-refractivity contribution in [2.45, 2.75) is 12.8 Å². The van der Waals surface area contributed by atoms with Crippen molar-refractivity contribution < 1.29 is 23.8 Å². The Labute approximate surface area is 143 Å². The van der Waals surface area contributed by atoms with Crippen molar-refractivity contribution in [2.24, 2.45) is 0 Å². The van der Waals surface area contributed by atoms with Crippen LogP contribution in [0.5, 0.6) is 0 Å². The molecule has 0 aliphatic rings. The molecule has 8 heteroatoms. The van der Waals surface area contributed by atoms with E-state index in [9.17, 15) is 9.59 Å². The number of nitrogens with zero attached hydrogens (tertiary/aromatic N) is 1. The molecule has 0 aliphatic heterocycles. The zero-order valence-electron chi connectivity index (χ0n) is 12.8. The standard InChI is InChI=1S/C16H17ClN2O5/c17-12-3-1-11(2-4-12)13-9-19-15(24-13)6-5-14(20)18-7-8-23-10-16(21)22/h1-4,9H,5-8,10H2,(H,18,20)(H,21,22). The molecule has 0 atom stereocenters. The van der Waals surface area contributed by atoms with Crippen LogP contribution in [0.1, 0.15) is 12.3 Å². The van der Waals surface area contributed by atoms with E-state index < -0.39 is 5.97 Å². The summed E-state index contributed by atoms with van der Waals surface area (Å²) >= 11 is 5.84. The van der Waals surface area contributed by atoms with Gasteiger partial charge in [0.25, 0.3) is 0 Å². The number of carbonyl (C=O) groups is 2. The first-order valence-corrected chi connectivity index (χ1v) is 7.69. The number of hydrogen-bond acceptors (Lipinski definition) is 5. The summed E-state index contributed by atoms with van der Waals surface area (Å²) in [6.45, 7) is 0.0329. The summed E-state index contributed by atoms with van der Waals surface area (Å²) in [5.74, 6) is -0.136. The Kier molecular flexibility index (Phi) is 6.77. The Morgan fingerprint density at radius 2 is 2.04 bits per heavy atom. The van der Waals surface area contributed by atoms with Crippen molar-refractivity contribution in [1.82, 2.24) is 10.3 Å². The number of carbonyl (C=O) groups excluding carboxylic acids is 1. The van der Waals surface area contributed by atoms with Gasteiger partial charge in [-0.25, -0.2) is 9.78 Å². The van der Waals surface area contributed by atoms with Crippen molar-refractivity contribution in [2.75, 3.05) is 19.8 Å². The lowest BCUT2D eigenvalue weighted by Crippen LogP contribution is -2.28. The van der Waals surface area contributed by atoms with Gasteiger partial charge in [-0.05, 0) is 24.3 Å². The summed E-state index contributed by atoms with van der Waals surface area (Å²) in [4.78, 5) is 26.0. The molecule has 2 rings (SSSR count). The second-order valence-electron chi connectivity index (χ2n) is 4.92. The summed E-state index contributed by atoms with van der Waals surface area (Å²) in [5.41, 5.74) is 0.859. The monoisotopic (exact) mass is 352 g/mol. The van der Waals surface area contributed by atoms with E-state index in [-0.39, 0.29) is 32.1 Å². The number of carboxylic acids is 1. The average molecular weight is 353 g/mol. The number of nitrogens with one attached hydrogen (secondary N) is 1. The number of hydrogen-bond donors (Lipinski definition) is 2. The number of aliphatic carboxylic acids is 1. The van der Waals surface area contributed by atoms with E-state index in [0.29, 0.717) is 23.1 Å². The quantitative estimate of drug-likeness (QED) is 0.670. The van der Waals surface area contributed by atoms with Crippen LogP contribution in [0.25, 0.3) is 11.3 Å². The third-order valence-electron chi connectivity index (χ3n) is 3.04. The molecule has 1 aromatic carbocycles. The predicted octanol–water partition coefficient (Wildman–Crippen LogP) is 2.15. The van der Waals surface area contributed by atoms with E-state index in [1.54, 1.807) is 18.3 Å². The lowest BCUT2D eigenvalue weighted by atomic mass is 10.2. The second-order valence-corrected chi connectivity index (χ2v) is 5.36. The van der Waals surface area contributed by atoms with Crippen LogP contribution < -0.4 is 5.32 Å². The number of halogens is 1. The number of amides is 1. The second kappa shape index (κ2) is 9.05. The van der Waals surface area contributed by atoms with Crippen LogP contribution in [0, 0.1) is 0 Å². The van der Waals surface area contributed by atoms with Crippen LogP contribution in [0.3, 0.4) is 0 Å². The Morgan fingerprint density at radius 1 is 1.29 bits per heavy atom. The van der Waals surface area contributed by atoms with Gasteiger partial charge in [0.2, 0.25) is 5.91 Å². The number of oxazole rings is 1. The molecule has 1 aromatic heterocycles. The van der Waals surface area contributed by atoms with E-state index in [4.69, 9.17) is 25.9 Å². The lowest BCUT2D eigenvalue weighted by Gasteiger charge is -2.04. The molecule has 1 amide bonds. The summed E-state index contributed by atoms with van der Waals surface area (Å²) in [6, 6.07) is 7.19. The van der Waals surface area contributed by atoms with Crippen LogP contribution in [0.2, 0.25) is 5.02 Å². The van der Waals surface area contributed by atoms with E-state index >= 15 is 0 Å². The van der Waals surface area contributed by atoms with E-state index in [1.807, 2.05) is 12.1 Å². The van der Waals surface area contributed by atoms with Crippen LogP contribution in [-0.2, 0) is 20.7 Å². The van der Waals surface area contributed by atoms with E-state index in [2.05, 4.69) is 10.3 Å². The van der Waals surface area contributed by atoms with Crippen LogP contribution in [-0.4, -0.2) is 41.7 Å². The molecule has 0 saturated carbocycles. The largest absolute Gasteiger partial charge is 0.480 e. The van der Waals surface area contributed by atoms with Crippen molar-refractivity contribution in [3.05, 3.63) is 41.4 Å². The fourth-order valence-corrected chi connectivity index (χ4v) is 2.03. The average Bonchev–Trinajstić information content (AvgIpc) is 3.02. The first-order chi connectivity index (χ1) is 11.5. The van der Waals surface area contributed by atoms with Gasteiger partial charge >= 0.3 is 5.97 Å². The number of aromatic nitrogens is 1. The third-order valence-corrected chi connectivity index (χ3v) is 3.29. The maximum Gasteiger partial charge on any atom is 0.329 e. The Bertz CT molecular complexity index is 684. The minimum atomic E-state index is -1.04. The Balaban J connectivity index is 1.71. The third kappa shape index (κ3) is 6.02. The molecule has 2 N–H and O–H groups in total. The van der Waals surface area contributed by atoms with Crippen molar-refractivity contribution in [1.29, 1.82) is 0 Å². The molecular formula is C16H17ClN2O5. The summed E-state index contributed by atoms with van der Waals surface area (Å²) in [5, 5.41) is 11.7. The van der Waals surface area contributed by atoms with Crippen LogP contribution in [0.4, 0.5) is 0 Å². The highest BCUT2D eigenvalue weighted by Gasteiger charge is 2.09. The molecule has 24 heavy (non-hydrogen) atoms. The highest BCUT2D eigenvalue weighted by Crippen LogP contribution is 2.22. The van der Waals surface area contributed by atoms with Crippen LogP contribution in [0.15, 0.2) is 34.9 Å². The maximum absolute atomic E-state index is 11.7. The molecule has 0 spiro atoms. The molecule has 0 unspecified atom stereocenters. The van der Waals surface area contributed by atoms with Crippen molar-refractivity contribution in [3.63, 3.8) is 0 Å². The first kappa shape index (κ1) is 18.0. The number of carboxylic acid groups (broad SMARTS) is 1. The van der Waals surface area contributed by atoms with E-state index in [0.717, 1.165) is 5.56 Å². The highest BCUT2D eigenvalue weighted by molar-refractivity contribution is 6.30. The molecule has 0 bridgehead atoms. The molecule has 0 radical (unpaired) electrons. The molecule has 0 saturated heterocycles. The minimum absolute atomic E-state index is 0.151. The Hall–Kier alpha value is -2.38. The van der Waals surface area contributed by atoms with Crippen molar-refractivity contribution >= 4 is 23.5 Å². The normalized spacial score (nSPS) is 10.5. The molecular weight excluding hydrogens is 336 g/mol. The highest BCUT2D eigenvalue weighted by atomic mass is 35.5. The van der Waals surface area contributed by atoms with Gasteiger partial charge in [0.15, 0.2) is 11.7 Å². The van der Waals surface area contributed by atoms with Crippen molar-refractivity contribution in [3.8, 4) is 11.3 Å². The molecule has 2 aromatic rings. The lowest BCUT2D eigenvalue weighted by molar-refractivity contribution is -0.142. The fourth-order valence-electron chi connectivity index (χ4n) is 1.90. The van der Waals surface area contributed by atoms with Gasteiger partial charge in [0.05, 0.1) is 12.8 Å². The van der Waals surface area contributed by atoms with Crippen LogP contribution >= 0.6 is 11.6 Å². The number of aryl methyl sites for hydroxylation is 1. The SMILES string of the molecule is O=C(O)COCCNC(=O)CCc1ncc(-c2ccc(Cl)cc2)o1. The fraction of sp³-hybridized carbons (Fsp3) is 0.312. The maximum atomic E-state index is 11.7. The van der Waals surface area contributed by atoms with Gasteiger partial charge in [-0.15, -0.1) is 0 Å². The first-order valence-electron chi connectivity index (χ1n) is 7.31. The summed E-state index contributed by atoms with van der Waals surface area (Å²) in [7, 11) is 0. The minimum Gasteiger partial charge on any atom is -0.480 e. The number of benzene rings is 1. The summed E-state index contributed by atoms with van der Waals surface area (Å²) in [6.07, 6.45) is 2.20. The van der Waals surface area contributed by atoms with Gasteiger partial charge in [-0.1, -0.05) is 11.6 Å². The number of rotatable bonds is 9. The van der Waals surface area contributed by atoms with Gasteiger partial charge in [0, 0.05) is 30.0 Å². The molecule has 0 aliphatic carbocycles. The summed E-state index contributed by atoms with van der Waals surface area (Å²) < 4.78 is 10.4.